The van der Waals surface area contributed by atoms with Crippen LogP contribution in [-0.2, 0) is 0 Å². The highest BCUT2D eigenvalue weighted by Crippen LogP contribution is 2.23. The molecule has 2 rings (SSSR count). The van der Waals surface area contributed by atoms with Crippen molar-refractivity contribution in [2.45, 2.75) is 0 Å². The van der Waals surface area contributed by atoms with Crippen LogP contribution in [0.1, 0.15) is 0 Å². The van der Waals surface area contributed by atoms with Crippen LogP contribution in [-0.4, -0.2) is 6.03 Å². The van der Waals surface area contributed by atoms with Crippen LogP contribution in [0, 0.1) is 5.82 Å². The van der Waals surface area contributed by atoms with E-state index in [0.717, 1.165) is 4.47 Å². The Morgan fingerprint density at radius 1 is 1.11 bits per heavy atom. The summed E-state index contributed by atoms with van der Waals surface area (Å²) in [5, 5.41) is 5.19. The van der Waals surface area contributed by atoms with Gasteiger partial charge in [-0.15, -0.1) is 0 Å². The smallest absolute Gasteiger partial charge is 0.323 e. The van der Waals surface area contributed by atoms with E-state index in [9.17, 15) is 9.18 Å². The summed E-state index contributed by atoms with van der Waals surface area (Å²) in [6.07, 6.45) is 0. The summed E-state index contributed by atoms with van der Waals surface area (Å²) in [5.74, 6) is -0.358. The van der Waals surface area contributed by atoms with Crippen LogP contribution in [0.2, 0.25) is 0 Å². The van der Waals surface area contributed by atoms with Crippen molar-refractivity contribution in [3.8, 4) is 0 Å². The molecule has 0 heterocycles. The van der Waals surface area contributed by atoms with E-state index in [1.807, 2.05) is 0 Å². The molecule has 2 amide bonds. The number of carbonyl (C=O) groups is 1. The first-order valence-electron chi connectivity index (χ1n) is 5.43. The van der Waals surface area contributed by atoms with Gasteiger partial charge in [0.05, 0.1) is 11.4 Å². The number of nitrogen functional groups attached to an aromatic ring is 1. The van der Waals surface area contributed by atoms with E-state index in [1.165, 1.54) is 24.3 Å². The van der Waals surface area contributed by atoms with Gasteiger partial charge in [-0.05, 0) is 42.5 Å². The molecule has 0 radical (unpaired) electrons. The van der Waals surface area contributed by atoms with Gasteiger partial charge >= 0.3 is 6.03 Å². The van der Waals surface area contributed by atoms with Crippen LogP contribution < -0.4 is 16.4 Å². The van der Waals surface area contributed by atoms with Gasteiger partial charge < -0.3 is 16.4 Å². The maximum atomic E-state index is 12.7. The van der Waals surface area contributed by atoms with Crippen molar-refractivity contribution in [3.63, 3.8) is 0 Å². The molecule has 4 N–H and O–H groups in total. The van der Waals surface area contributed by atoms with Crippen LogP contribution >= 0.6 is 15.9 Å². The van der Waals surface area contributed by atoms with Gasteiger partial charge in [-0.1, -0.05) is 15.9 Å². The first-order chi connectivity index (χ1) is 9.04. The summed E-state index contributed by atoms with van der Waals surface area (Å²) in [6.45, 7) is 0. The normalized spacial score (nSPS) is 10.0. The number of hydrogen-bond acceptors (Lipinski definition) is 2. The van der Waals surface area contributed by atoms with Crippen molar-refractivity contribution in [2.75, 3.05) is 16.4 Å². The summed E-state index contributed by atoms with van der Waals surface area (Å²) < 4.78 is 13.5. The fourth-order valence-electron chi connectivity index (χ4n) is 1.47. The second kappa shape index (κ2) is 5.71. The molecule has 0 aromatic heterocycles. The number of nitrogens with one attached hydrogen (secondary N) is 2. The minimum absolute atomic E-state index is 0.358. The minimum atomic E-state index is -0.444. The molecule has 2 aromatic rings. The van der Waals surface area contributed by atoms with Crippen LogP contribution in [0.3, 0.4) is 0 Å². The SMILES string of the molecule is Nc1cc(Br)ccc1NC(=O)Nc1ccc(F)cc1. The molecule has 0 spiro atoms. The predicted octanol–water partition coefficient (Wildman–Crippen LogP) is 3.81. The number of carbonyl (C=O) groups excluding carboxylic acids is 1. The zero-order valence-electron chi connectivity index (χ0n) is 9.78. The number of benzene rings is 2. The number of urea groups is 1. The van der Waals surface area contributed by atoms with E-state index in [2.05, 4.69) is 26.6 Å². The summed E-state index contributed by atoms with van der Waals surface area (Å²) in [4.78, 5) is 11.7. The van der Waals surface area contributed by atoms with Gasteiger partial charge in [0, 0.05) is 10.2 Å². The Labute approximate surface area is 117 Å². The van der Waals surface area contributed by atoms with Crippen molar-refractivity contribution in [1.29, 1.82) is 0 Å². The topological polar surface area (TPSA) is 67.1 Å². The van der Waals surface area contributed by atoms with E-state index in [-0.39, 0.29) is 5.82 Å². The molecule has 0 aliphatic carbocycles. The Balaban J connectivity index is 2.03. The van der Waals surface area contributed by atoms with Gasteiger partial charge in [-0.3, -0.25) is 0 Å². The maximum Gasteiger partial charge on any atom is 0.323 e. The average Bonchev–Trinajstić information content (AvgIpc) is 2.36. The van der Waals surface area contributed by atoms with Crippen LogP contribution in [0.25, 0.3) is 0 Å². The Kier molecular flexibility index (Phi) is 4.01. The number of hydrogen-bond donors (Lipinski definition) is 3. The van der Waals surface area contributed by atoms with Gasteiger partial charge in [0.2, 0.25) is 0 Å². The molecule has 19 heavy (non-hydrogen) atoms. The zero-order chi connectivity index (χ0) is 13.8. The third-order valence-electron chi connectivity index (χ3n) is 2.36. The van der Waals surface area contributed by atoms with Gasteiger partial charge in [-0.2, -0.15) is 0 Å². The molecule has 0 fully saturated rings. The maximum absolute atomic E-state index is 12.7. The third-order valence-corrected chi connectivity index (χ3v) is 2.86. The molecule has 0 aliphatic rings. The van der Waals surface area contributed by atoms with Gasteiger partial charge in [-0.25, -0.2) is 9.18 Å². The van der Waals surface area contributed by atoms with Crippen molar-refractivity contribution < 1.29 is 9.18 Å². The second-order valence-electron chi connectivity index (χ2n) is 3.82. The Morgan fingerprint density at radius 2 is 1.79 bits per heavy atom. The Morgan fingerprint density at radius 3 is 2.42 bits per heavy atom. The lowest BCUT2D eigenvalue weighted by Crippen LogP contribution is -2.20. The minimum Gasteiger partial charge on any atom is -0.397 e. The summed E-state index contributed by atoms with van der Waals surface area (Å²) in [6, 6.07) is 10.2. The summed E-state index contributed by atoms with van der Waals surface area (Å²) in [5.41, 5.74) is 7.21. The lowest BCUT2D eigenvalue weighted by molar-refractivity contribution is 0.262. The fraction of sp³-hybridized carbons (Fsp3) is 0. The second-order valence-corrected chi connectivity index (χ2v) is 4.73. The predicted molar refractivity (Wildman–Crippen MR) is 77.6 cm³/mol. The van der Waals surface area contributed by atoms with Crippen molar-refractivity contribution in [2.24, 2.45) is 0 Å². The van der Waals surface area contributed by atoms with E-state index in [4.69, 9.17) is 5.73 Å². The van der Waals surface area contributed by atoms with Gasteiger partial charge in [0.15, 0.2) is 0 Å². The zero-order valence-corrected chi connectivity index (χ0v) is 11.4. The highest BCUT2D eigenvalue weighted by atomic mass is 79.9. The molecule has 4 nitrogen and oxygen atoms in total. The van der Waals surface area contributed by atoms with E-state index in [0.29, 0.717) is 17.1 Å². The molecule has 0 atom stereocenters. The highest BCUT2D eigenvalue weighted by Gasteiger charge is 2.05. The van der Waals surface area contributed by atoms with Crippen molar-refractivity contribution >= 4 is 39.0 Å². The van der Waals surface area contributed by atoms with Crippen molar-refractivity contribution in [3.05, 3.63) is 52.8 Å². The highest BCUT2D eigenvalue weighted by molar-refractivity contribution is 9.10. The van der Waals surface area contributed by atoms with Gasteiger partial charge in [0.1, 0.15) is 5.82 Å². The summed E-state index contributed by atoms with van der Waals surface area (Å²) >= 11 is 3.28. The van der Waals surface area contributed by atoms with E-state index in [1.54, 1.807) is 18.2 Å². The lowest BCUT2D eigenvalue weighted by Gasteiger charge is -2.10. The lowest BCUT2D eigenvalue weighted by atomic mass is 10.3. The molecular formula is C13H11BrFN3O. The Hall–Kier alpha value is -2.08. The number of amides is 2. The molecule has 2 aromatic carbocycles. The average molecular weight is 324 g/mol. The molecular weight excluding hydrogens is 313 g/mol. The largest absolute Gasteiger partial charge is 0.397 e. The molecule has 0 bridgehead atoms. The Bertz CT molecular complexity index is 601. The van der Waals surface area contributed by atoms with E-state index >= 15 is 0 Å². The molecule has 0 unspecified atom stereocenters. The molecule has 0 aliphatic heterocycles. The van der Waals surface area contributed by atoms with Crippen LogP contribution in [0.4, 0.5) is 26.2 Å². The van der Waals surface area contributed by atoms with Gasteiger partial charge in [0.25, 0.3) is 0 Å². The fourth-order valence-corrected chi connectivity index (χ4v) is 1.84. The van der Waals surface area contributed by atoms with Crippen LogP contribution in [0.15, 0.2) is 46.9 Å². The van der Waals surface area contributed by atoms with Crippen molar-refractivity contribution in [1.82, 2.24) is 0 Å². The number of anilines is 3. The molecule has 0 saturated heterocycles. The number of nitrogens with two attached hydrogens (primary N) is 1. The third kappa shape index (κ3) is 3.69. The van der Waals surface area contributed by atoms with Crippen LogP contribution in [0.5, 0.6) is 0 Å². The first-order valence-corrected chi connectivity index (χ1v) is 6.22. The quantitative estimate of drug-likeness (QED) is 0.735. The standard InChI is InChI=1S/C13H11BrFN3O/c14-8-1-6-12(11(16)7-8)18-13(19)17-10-4-2-9(15)3-5-10/h1-7H,16H2,(H2,17,18,19). The summed E-state index contributed by atoms with van der Waals surface area (Å²) in [7, 11) is 0. The molecule has 6 heteroatoms. The monoisotopic (exact) mass is 323 g/mol. The first kappa shape index (κ1) is 13.4. The number of rotatable bonds is 2. The number of halogens is 2. The molecule has 98 valence electrons. The molecule has 0 saturated carbocycles. The van der Waals surface area contributed by atoms with E-state index < -0.39 is 6.03 Å².